The molecular weight excluding hydrogens is 514 g/mol. The standard InChI is InChI=1S/C30H37N3O5S/c1-6-31-30(35)23(4)32(20-24-12-18-27(38-5)19-13-24)29(34)21-33(26-16-14-25(15-17-26)22(2)3)39(36,37)28-10-8-7-9-11-28/h7-19,22-23H,6,20-21H2,1-5H3,(H,31,35)/t23-/m1/s1. The Morgan fingerprint density at radius 3 is 2.05 bits per heavy atom. The minimum absolute atomic E-state index is 0.0733. The van der Waals surface area contributed by atoms with E-state index in [0.717, 1.165) is 15.4 Å². The fourth-order valence-corrected chi connectivity index (χ4v) is 5.54. The van der Waals surface area contributed by atoms with Gasteiger partial charge in [-0.25, -0.2) is 8.42 Å². The molecule has 0 fully saturated rings. The van der Waals surface area contributed by atoms with Crippen molar-refractivity contribution in [2.45, 2.75) is 51.1 Å². The van der Waals surface area contributed by atoms with Crippen LogP contribution in [0.25, 0.3) is 0 Å². The summed E-state index contributed by atoms with van der Waals surface area (Å²) < 4.78 is 34.0. The van der Waals surface area contributed by atoms with Crippen molar-refractivity contribution >= 4 is 27.5 Å². The second-order valence-electron chi connectivity index (χ2n) is 9.51. The van der Waals surface area contributed by atoms with Gasteiger partial charge in [-0.3, -0.25) is 13.9 Å². The van der Waals surface area contributed by atoms with Crippen molar-refractivity contribution in [1.82, 2.24) is 10.2 Å². The van der Waals surface area contributed by atoms with Crippen molar-refractivity contribution in [3.8, 4) is 5.75 Å². The number of carbonyl (C=O) groups is 2. The lowest BCUT2D eigenvalue weighted by molar-refractivity contribution is -0.139. The van der Waals surface area contributed by atoms with Gasteiger partial charge in [0.15, 0.2) is 0 Å². The largest absolute Gasteiger partial charge is 0.497 e. The first-order valence-corrected chi connectivity index (χ1v) is 14.4. The number of nitrogens with one attached hydrogen (secondary N) is 1. The number of rotatable bonds is 12. The fourth-order valence-electron chi connectivity index (χ4n) is 4.11. The molecule has 0 heterocycles. The van der Waals surface area contributed by atoms with E-state index < -0.39 is 28.5 Å². The SMILES string of the molecule is CCNC(=O)[C@@H](C)N(Cc1ccc(OC)cc1)C(=O)CN(c1ccc(C(C)C)cc1)S(=O)(=O)c1ccccc1. The molecule has 3 rings (SSSR count). The number of amides is 2. The summed E-state index contributed by atoms with van der Waals surface area (Å²) in [6, 6.07) is 21.5. The maximum absolute atomic E-state index is 13.9. The Hall–Kier alpha value is -3.85. The van der Waals surface area contributed by atoms with E-state index in [1.54, 1.807) is 63.4 Å². The predicted molar refractivity (Wildman–Crippen MR) is 153 cm³/mol. The highest BCUT2D eigenvalue weighted by Gasteiger charge is 2.32. The van der Waals surface area contributed by atoms with Crippen LogP contribution in [0.2, 0.25) is 0 Å². The molecular formula is C30H37N3O5S. The van der Waals surface area contributed by atoms with Crippen LogP contribution >= 0.6 is 0 Å². The van der Waals surface area contributed by atoms with Crippen LogP contribution in [0.3, 0.4) is 0 Å². The van der Waals surface area contributed by atoms with Crippen LogP contribution in [0, 0.1) is 0 Å². The zero-order chi connectivity index (χ0) is 28.6. The minimum Gasteiger partial charge on any atom is -0.497 e. The first-order chi connectivity index (χ1) is 18.6. The topological polar surface area (TPSA) is 96.0 Å². The molecule has 0 aliphatic carbocycles. The fraction of sp³-hybridized carbons (Fsp3) is 0.333. The number of nitrogens with zero attached hydrogens (tertiary/aromatic N) is 2. The first kappa shape index (κ1) is 29.7. The Labute approximate surface area is 231 Å². The van der Waals surface area contributed by atoms with Crippen LogP contribution < -0.4 is 14.4 Å². The quantitative estimate of drug-likeness (QED) is 0.356. The van der Waals surface area contributed by atoms with Gasteiger partial charge in [-0.05, 0) is 67.3 Å². The molecule has 0 unspecified atom stereocenters. The molecule has 208 valence electrons. The second-order valence-corrected chi connectivity index (χ2v) is 11.4. The van der Waals surface area contributed by atoms with Crippen molar-refractivity contribution in [2.75, 3.05) is 24.5 Å². The number of carbonyl (C=O) groups excluding carboxylic acids is 2. The highest BCUT2D eigenvalue weighted by molar-refractivity contribution is 7.92. The Bertz CT molecular complexity index is 1340. The molecule has 0 saturated heterocycles. The number of benzene rings is 3. The maximum atomic E-state index is 13.9. The van der Waals surface area contributed by atoms with Gasteiger partial charge in [-0.15, -0.1) is 0 Å². The average Bonchev–Trinajstić information content (AvgIpc) is 2.95. The van der Waals surface area contributed by atoms with Gasteiger partial charge < -0.3 is 15.0 Å². The number of sulfonamides is 1. The number of hydrogen-bond donors (Lipinski definition) is 1. The highest BCUT2D eigenvalue weighted by atomic mass is 32.2. The van der Waals surface area contributed by atoms with Gasteiger partial charge in [0.05, 0.1) is 17.7 Å². The summed E-state index contributed by atoms with van der Waals surface area (Å²) in [4.78, 5) is 28.1. The molecule has 0 aliphatic rings. The molecule has 9 heteroatoms. The Morgan fingerprint density at radius 2 is 1.51 bits per heavy atom. The van der Waals surface area contributed by atoms with Crippen LogP contribution in [-0.2, 0) is 26.2 Å². The van der Waals surface area contributed by atoms with E-state index in [0.29, 0.717) is 18.0 Å². The Kier molecular flexibility index (Phi) is 10.1. The minimum atomic E-state index is -4.09. The number of methoxy groups -OCH3 is 1. The predicted octanol–water partition coefficient (Wildman–Crippen LogP) is 4.57. The van der Waals surface area contributed by atoms with E-state index >= 15 is 0 Å². The summed E-state index contributed by atoms with van der Waals surface area (Å²) in [6.45, 7) is 7.60. The van der Waals surface area contributed by atoms with Crippen LogP contribution in [0.5, 0.6) is 5.75 Å². The van der Waals surface area contributed by atoms with Gasteiger partial charge in [0.1, 0.15) is 18.3 Å². The molecule has 0 aliphatic heterocycles. The van der Waals surface area contributed by atoms with Crippen LogP contribution in [-0.4, -0.2) is 51.4 Å². The Balaban J connectivity index is 2.01. The summed E-state index contributed by atoms with van der Waals surface area (Å²) >= 11 is 0. The van der Waals surface area contributed by atoms with E-state index in [9.17, 15) is 18.0 Å². The first-order valence-electron chi connectivity index (χ1n) is 13.0. The van der Waals surface area contributed by atoms with Gasteiger partial charge in [0.25, 0.3) is 10.0 Å². The summed E-state index contributed by atoms with van der Waals surface area (Å²) in [6.07, 6.45) is 0. The number of ether oxygens (including phenoxy) is 1. The molecule has 1 atom stereocenters. The third-order valence-electron chi connectivity index (χ3n) is 6.49. The zero-order valence-corrected chi connectivity index (χ0v) is 23.9. The normalized spacial score (nSPS) is 12.1. The lowest BCUT2D eigenvalue weighted by atomic mass is 10.0. The maximum Gasteiger partial charge on any atom is 0.264 e. The smallest absolute Gasteiger partial charge is 0.264 e. The molecule has 2 amide bonds. The zero-order valence-electron chi connectivity index (χ0n) is 23.1. The van der Waals surface area contributed by atoms with Crippen molar-refractivity contribution in [2.24, 2.45) is 0 Å². The molecule has 3 aromatic rings. The second kappa shape index (κ2) is 13.3. The molecule has 3 aromatic carbocycles. The highest BCUT2D eigenvalue weighted by Crippen LogP contribution is 2.26. The van der Waals surface area contributed by atoms with Crippen LogP contribution in [0.1, 0.15) is 44.7 Å². The third-order valence-corrected chi connectivity index (χ3v) is 8.28. The molecule has 0 radical (unpaired) electrons. The summed E-state index contributed by atoms with van der Waals surface area (Å²) in [7, 11) is -2.52. The van der Waals surface area contributed by atoms with Crippen LogP contribution in [0.4, 0.5) is 5.69 Å². The number of anilines is 1. The van der Waals surface area contributed by atoms with Crippen molar-refractivity contribution in [3.05, 3.63) is 90.0 Å². The summed E-state index contributed by atoms with van der Waals surface area (Å²) in [5.74, 6) is 0.103. The molecule has 0 aromatic heterocycles. The van der Waals surface area contributed by atoms with Crippen molar-refractivity contribution in [3.63, 3.8) is 0 Å². The van der Waals surface area contributed by atoms with E-state index in [2.05, 4.69) is 19.2 Å². The van der Waals surface area contributed by atoms with Gasteiger partial charge in [-0.2, -0.15) is 0 Å². The average molecular weight is 552 g/mol. The molecule has 0 saturated carbocycles. The van der Waals surface area contributed by atoms with Crippen LogP contribution in [0.15, 0.2) is 83.8 Å². The monoisotopic (exact) mass is 551 g/mol. The Morgan fingerprint density at radius 1 is 0.897 bits per heavy atom. The van der Waals surface area contributed by atoms with E-state index in [1.807, 2.05) is 24.3 Å². The van der Waals surface area contributed by atoms with E-state index in [4.69, 9.17) is 4.74 Å². The molecule has 0 spiro atoms. The summed E-state index contributed by atoms with van der Waals surface area (Å²) in [5.41, 5.74) is 2.19. The summed E-state index contributed by atoms with van der Waals surface area (Å²) in [5, 5.41) is 2.76. The lowest BCUT2D eigenvalue weighted by Gasteiger charge is -2.32. The third kappa shape index (κ3) is 7.38. The number of likely N-dealkylation sites (N-methyl/N-ethyl adjacent to an activating group) is 1. The van der Waals surface area contributed by atoms with E-state index in [1.165, 1.54) is 17.0 Å². The van der Waals surface area contributed by atoms with Gasteiger partial charge >= 0.3 is 0 Å². The lowest BCUT2D eigenvalue weighted by Crippen LogP contribution is -2.51. The molecule has 0 bridgehead atoms. The van der Waals surface area contributed by atoms with Crippen molar-refractivity contribution in [1.29, 1.82) is 0 Å². The van der Waals surface area contributed by atoms with Gasteiger partial charge in [0, 0.05) is 13.1 Å². The molecule has 39 heavy (non-hydrogen) atoms. The molecule has 1 N–H and O–H groups in total. The number of hydrogen-bond acceptors (Lipinski definition) is 5. The molecule has 8 nitrogen and oxygen atoms in total. The van der Waals surface area contributed by atoms with Gasteiger partial charge in [0.2, 0.25) is 11.8 Å². The van der Waals surface area contributed by atoms with Gasteiger partial charge in [-0.1, -0.05) is 56.3 Å². The van der Waals surface area contributed by atoms with Crippen molar-refractivity contribution < 1.29 is 22.7 Å². The van der Waals surface area contributed by atoms with E-state index in [-0.39, 0.29) is 23.3 Å².